The first-order chi connectivity index (χ1) is 10.1. The average Bonchev–Trinajstić information content (AvgIpc) is 2.43. The summed E-state index contributed by atoms with van der Waals surface area (Å²) in [7, 11) is 0. The summed E-state index contributed by atoms with van der Waals surface area (Å²) in [5.74, 6) is 3.11. The zero-order chi connectivity index (χ0) is 14.4. The molecule has 114 valence electrons. The lowest BCUT2D eigenvalue weighted by atomic mass is 9.48. The van der Waals surface area contributed by atoms with E-state index in [1.807, 2.05) is 12.4 Å². The van der Waals surface area contributed by atoms with E-state index in [1.165, 1.54) is 44.1 Å². The van der Waals surface area contributed by atoms with Gasteiger partial charge in [-0.15, -0.1) is 0 Å². The monoisotopic (exact) mass is 348 g/mol. The highest BCUT2D eigenvalue weighted by Crippen LogP contribution is 2.61. The third-order valence-electron chi connectivity index (χ3n) is 6.38. The minimum Gasteiger partial charge on any atom is -0.310 e. The maximum atomic E-state index is 4.27. The molecule has 1 N–H and O–H groups in total. The van der Waals surface area contributed by atoms with Gasteiger partial charge in [0, 0.05) is 29.5 Å². The summed E-state index contributed by atoms with van der Waals surface area (Å²) >= 11 is 3.51. The molecule has 0 amide bonds. The van der Waals surface area contributed by atoms with E-state index in [0.29, 0.717) is 11.5 Å². The van der Waals surface area contributed by atoms with Gasteiger partial charge in [-0.1, -0.05) is 0 Å². The first kappa shape index (κ1) is 14.2. The molecule has 0 radical (unpaired) electrons. The Kier molecular flexibility index (Phi) is 3.61. The minimum atomic E-state index is 0.591. The Balaban J connectivity index is 1.44. The number of hydrogen-bond donors (Lipinski definition) is 1. The lowest BCUT2D eigenvalue weighted by Crippen LogP contribution is -2.54. The van der Waals surface area contributed by atoms with E-state index in [9.17, 15) is 0 Å². The Morgan fingerprint density at radius 2 is 1.81 bits per heavy atom. The van der Waals surface area contributed by atoms with E-state index >= 15 is 0 Å². The molecule has 3 heteroatoms. The van der Waals surface area contributed by atoms with E-state index in [-0.39, 0.29) is 0 Å². The maximum absolute atomic E-state index is 4.27. The Morgan fingerprint density at radius 3 is 2.38 bits per heavy atom. The second kappa shape index (κ2) is 5.34. The normalized spacial score (nSPS) is 38.7. The van der Waals surface area contributed by atoms with Gasteiger partial charge in [0.25, 0.3) is 0 Å². The van der Waals surface area contributed by atoms with Gasteiger partial charge in [-0.25, -0.2) is 0 Å². The molecule has 2 nitrogen and oxygen atoms in total. The molecular formula is C18H25BrN2. The molecule has 1 aromatic heterocycles. The van der Waals surface area contributed by atoms with Crippen molar-refractivity contribution in [2.45, 2.75) is 58.0 Å². The summed E-state index contributed by atoms with van der Waals surface area (Å²) in [6.07, 6.45) is 12.8. The van der Waals surface area contributed by atoms with Crippen molar-refractivity contribution in [3.05, 3.63) is 28.5 Å². The van der Waals surface area contributed by atoms with Crippen molar-refractivity contribution in [2.75, 3.05) is 0 Å². The summed E-state index contributed by atoms with van der Waals surface area (Å²) in [5, 5.41) is 3.82. The zero-order valence-electron chi connectivity index (χ0n) is 12.8. The lowest BCUT2D eigenvalue weighted by molar-refractivity contribution is -0.0706. The average molecular weight is 349 g/mol. The molecule has 1 aromatic rings. The first-order valence-corrected chi connectivity index (χ1v) is 9.25. The third-order valence-corrected chi connectivity index (χ3v) is 6.81. The smallest absolute Gasteiger partial charge is 0.0410 e. The van der Waals surface area contributed by atoms with Crippen LogP contribution in [0, 0.1) is 23.2 Å². The first-order valence-electron chi connectivity index (χ1n) is 8.46. The van der Waals surface area contributed by atoms with Gasteiger partial charge in [0.05, 0.1) is 0 Å². The summed E-state index contributed by atoms with van der Waals surface area (Å²) in [6.45, 7) is 3.37. The molecule has 21 heavy (non-hydrogen) atoms. The van der Waals surface area contributed by atoms with Crippen molar-refractivity contribution >= 4 is 15.9 Å². The molecule has 4 fully saturated rings. The molecule has 0 spiro atoms. The van der Waals surface area contributed by atoms with Crippen molar-refractivity contribution in [1.29, 1.82) is 0 Å². The Labute approximate surface area is 136 Å². The van der Waals surface area contributed by atoms with Crippen LogP contribution in [0.15, 0.2) is 22.9 Å². The summed E-state index contributed by atoms with van der Waals surface area (Å²) in [5.41, 5.74) is 1.87. The van der Waals surface area contributed by atoms with Gasteiger partial charge in [0.2, 0.25) is 0 Å². The zero-order valence-corrected chi connectivity index (χ0v) is 14.4. The fourth-order valence-electron chi connectivity index (χ4n) is 5.75. The van der Waals surface area contributed by atoms with Crippen LogP contribution in [-0.4, -0.2) is 11.0 Å². The van der Waals surface area contributed by atoms with E-state index in [1.54, 1.807) is 0 Å². The van der Waals surface area contributed by atoms with Crippen LogP contribution in [-0.2, 0) is 6.54 Å². The van der Waals surface area contributed by atoms with Gasteiger partial charge >= 0.3 is 0 Å². The number of nitrogens with zero attached hydrogens (tertiary/aromatic N) is 1. The topological polar surface area (TPSA) is 24.9 Å². The van der Waals surface area contributed by atoms with Gasteiger partial charge in [0.15, 0.2) is 0 Å². The SMILES string of the molecule is CC(NCc1cncc(Br)c1)C12CC3CC(CC(C3)C1)C2. The van der Waals surface area contributed by atoms with Crippen LogP contribution in [0.3, 0.4) is 0 Å². The number of rotatable bonds is 4. The summed E-state index contributed by atoms with van der Waals surface area (Å²) < 4.78 is 1.07. The molecule has 1 heterocycles. The van der Waals surface area contributed by atoms with E-state index in [2.05, 4.69) is 39.2 Å². The molecule has 4 aliphatic carbocycles. The van der Waals surface area contributed by atoms with Crippen molar-refractivity contribution in [3.8, 4) is 0 Å². The minimum absolute atomic E-state index is 0.591. The molecule has 0 saturated heterocycles. The van der Waals surface area contributed by atoms with Crippen LogP contribution in [0.4, 0.5) is 0 Å². The Morgan fingerprint density at radius 1 is 1.19 bits per heavy atom. The highest BCUT2D eigenvalue weighted by atomic mass is 79.9. The molecule has 0 aromatic carbocycles. The van der Waals surface area contributed by atoms with Crippen LogP contribution in [0.1, 0.15) is 51.0 Å². The lowest BCUT2D eigenvalue weighted by Gasteiger charge is -2.59. The predicted octanol–water partition coefficient (Wildman–Crippen LogP) is 4.54. The number of pyridine rings is 1. The number of aromatic nitrogens is 1. The van der Waals surface area contributed by atoms with Gasteiger partial charge in [-0.3, -0.25) is 4.98 Å². The van der Waals surface area contributed by atoms with Gasteiger partial charge in [-0.05, 0) is 96.2 Å². The number of hydrogen-bond acceptors (Lipinski definition) is 2. The van der Waals surface area contributed by atoms with Crippen LogP contribution in [0.25, 0.3) is 0 Å². The molecule has 4 bridgehead atoms. The van der Waals surface area contributed by atoms with Crippen molar-refractivity contribution < 1.29 is 0 Å². The Bertz CT molecular complexity index is 492. The fourth-order valence-corrected chi connectivity index (χ4v) is 6.16. The molecular weight excluding hydrogens is 324 g/mol. The third kappa shape index (κ3) is 2.68. The molecule has 5 rings (SSSR count). The predicted molar refractivity (Wildman–Crippen MR) is 88.8 cm³/mol. The fraction of sp³-hybridized carbons (Fsp3) is 0.722. The van der Waals surface area contributed by atoms with Crippen LogP contribution < -0.4 is 5.32 Å². The number of halogens is 1. The van der Waals surface area contributed by atoms with Crippen LogP contribution in [0.5, 0.6) is 0 Å². The quantitative estimate of drug-likeness (QED) is 0.863. The summed E-state index contributed by atoms with van der Waals surface area (Å²) in [6, 6.07) is 2.80. The van der Waals surface area contributed by atoms with Gasteiger partial charge < -0.3 is 5.32 Å². The van der Waals surface area contributed by atoms with Gasteiger partial charge in [-0.2, -0.15) is 0 Å². The standard InChI is InChI=1S/C18H25BrN2/c1-12(21-10-16-5-17(19)11-20-9-16)18-6-13-2-14(7-18)4-15(3-13)8-18/h5,9,11-15,21H,2-4,6-8,10H2,1H3. The van der Waals surface area contributed by atoms with E-state index in [0.717, 1.165) is 28.8 Å². The molecule has 1 atom stereocenters. The van der Waals surface area contributed by atoms with Crippen LogP contribution in [0.2, 0.25) is 0 Å². The van der Waals surface area contributed by atoms with Crippen molar-refractivity contribution in [2.24, 2.45) is 23.2 Å². The molecule has 1 unspecified atom stereocenters. The van der Waals surface area contributed by atoms with E-state index in [4.69, 9.17) is 0 Å². The van der Waals surface area contributed by atoms with E-state index < -0.39 is 0 Å². The summed E-state index contributed by atoms with van der Waals surface area (Å²) in [4.78, 5) is 4.27. The maximum Gasteiger partial charge on any atom is 0.0410 e. The highest BCUT2D eigenvalue weighted by molar-refractivity contribution is 9.10. The van der Waals surface area contributed by atoms with Crippen molar-refractivity contribution in [3.63, 3.8) is 0 Å². The van der Waals surface area contributed by atoms with Crippen molar-refractivity contribution in [1.82, 2.24) is 10.3 Å². The largest absolute Gasteiger partial charge is 0.310 e. The second-order valence-corrected chi connectivity index (χ2v) is 8.81. The molecule has 0 aliphatic heterocycles. The second-order valence-electron chi connectivity index (χ2n) is 7.89. The molecule has 4 aliphatic rings. The van der Waals surface area contributed by atoms with Crippen LogP contribution >= 0.6 is 15.9 Å². The molecule has 4 saturated carbocycles. The number of nitrogens with one attached hydrogen (secondary N) is 1. The highest BCUT2D eigenvalue weighted by Gasteiger charge is 2.52. The Hall–Kier alpha value is -0.410. The van der Waals surface area contributed by atoms with Gasteiger partial charge in [0.1, 0.15) is 0 Å².